The largest absolute Gasteiger partial charge is 0.305 e. The van der Waals surface area contributed by atoms with Crippen molar-refractivity contribution >= 4 is 23.4 Å². The molecule has 16 heavy (non-hydrogen) atoms. The van der Waals surface area contributed by atoms with E-state index >= 15 is 0 Å². The van der Waals surface area contributed by atoms with E-state index < -0.39 is 0 Å². The number of halogens is 1. The van der Waals surface area contributed by atoms with Gasteiger partial charge in [-0.15, -0.1) is 23.4 Å². The second-order valence-electron chi connectivity index (χ2n) is 3.82. The van der Waals surface area contributed by atoms with Crippen LogP contribution in [0.3, 0.4) is 0 Å². The minimum atomic E-state index is 0.711. The molecule has 0 saturated heterocycles. The van der Waals surface area contributed by atoms with Gasteiger partial charge in [-0.25, -0.2) is 0 Å². The van der Waals surface area contributed by atoms with Gasteiger partial charge in [0, 0.05) is 23.9 Å². The van der Waals surface area contributed by atoms with Crippen molar-refractivity contribution in [2.75, 3.05) is 31.8 Å². The van der Waals surface area contributed by atoms with Gasteiger partial charge in [0.2, 0.25) is 0 Å². The molecule has 0 aliphatic carbocycles. The zero-order valence-corrected chi connectivity index (χ0v) is 11.7. The molecule has 1 aromatic carbocycles. The smallest absolute Gasteiger partial charge is 0.0351 e. The molecule has 0 unspecified atom stereocenters. The van der Waals surface area contributed by atoms with E-state index in [9.17, 15) is 0 Å². The van der Waals surface area contributed by atoms with Crippen LogP contribution in [-0.2, 0) is 6.42 Å². The predicted octanol–water partition coefficient (Wildman–Crippen LogP) is 3.51. The molecule has 0 bridgehead atoms. The fourth-order valence-electron chi connectivity index (χ4n) is 1.50. The summed E-state index contributed by atoms with van der Waals surface area (Å²) in [6, 6.07) is 8.88. The van der Waals surface area contributed by atoms with Gasteiger partial charge in [-0.2, -0.15) is 0 Å². The summed E-state index contributed by atoms with van der Waals surface area (Å²) in [6.07, 6.45) is 1.10. The Morgan fingerprint density at radius 1 is 1.19 bits per heavy atom. The first-order valence-corrected chi connectivity index (χ1v) is 7.24. The quantitative estimate of drug-likeness (QED) is 0.543. The molecule has 0 aliphatic heterocycles. The first-order valence-electron chi connectivity index (χ1n) is 5.72. The number of likely N-dealkylation sites (N-methyl/N-ethyl adjacent to an activating group) is 1. The van der Waals surface area contributed by atoms with E-state index in [1.54, 1.807) is 0 Å². The zero-order chi connectivity index (χ0) is 11.8. The van der Waals surface area contributed by atoms with Crippen molar-refractivity contribution in [3.8, 4) is 0 Å². The Morgan fingerprint density at radius 2 is 1.88 bits per heavy atom. The average molecular weight is 258 g/mol. The van der Waals surface area contributed by atoms with Crippen LogP contribution in [0.4, 0.5) is 0 Å². The Labute approximate surface area is 108 Å². The molecule has 0 spiro atoms. The molecule has 0 aliphatic rings. The van der Waals surface area contributed by atoms with E-state index in [4.69, 9.17) is 11.6 Å². The van der Waals surface area contributed by atoms with Crippen LogP contribution in [0.25, 0.3) is 0 Å². The van der Waals surface area contributed by atoms with Crippen LogP contribution in [0.1, 0.15) is 12.5 Å². The summed E-state index contributed by atoms with van der Waals surface area (Å²) >= 11 is 7.58. The molecular weight excluding hydrogens is 238 g/mol. The average Bonchev–Trinajstić information content (AvgIpc) is 2.29. The van der Waals surface area contributed by atoms with Gasteiger partial charge >= 0.3 is 0 Å². The van der Waals surface area contributed by atoms with Crippen LogP contribution in [0, 0.1) is 0 Å². The van der Waals surface area contributed by atoms with Crippen molar-refractivity contribution in [3.63, 3.8) is 0 Å². The fraction of sp³-hybridized carbons (Fsp3) is 0.538. The van der Waals surface area contributed by atoms with Crippen molar-refractivity contribution in [1.82, 2.24) is 4.90 Å². The number of alkyl halides is 1. The minimum Gasteiger partial charge on any atom is -0.305 e. The second-order valence-corrected chi connectivity index (χ2v) is 5.53. The topological polar surface area (TPSA) is 3.24 Å². The van der Waals surface area contributed by atoms with Gasteiger partial charge in [-0.3, -0.25) is 0 Å². The minimum absolute atomic E-state index is 0.711. The van der Waals surface area contributed by atoms with Crippen LogP contribution in [-0.4, -0.2) is 36.7 Å². The highest BCUT2D eigenvalue weighted by molar-refractivity contribution is 7.99. The van der Waals surface area contributed by atoms with E-state index in [0.29, 0.717) is 5.88 Å². The Kier molecular flexibility index (Phi) is 6.93. The molecule has 1 rings (SSSR count). The van der Waals surface area contributed by atoms with Crippen molar-refractivity contribution in [2.24, 2.45) is 0 Å². The molecule has 0 fully saturated rings. The van der Waals surface area contributed by atoms with Gasteiger partial charge in [0.25, 0.3) is 0 Å². The molecule has 0 aromatic heterocycles. The lowest BCUT2D eigenvalue weighted by Gasteiger charge is -2.14. The lowest BCUT2D eigenvalue weighted by molar-refractivity contribution is 0.359. The van der Waals surface area contributed by atoms with Gasteiger partial charge in [-0.05, 0) is 36.9 Å². The summed E-state index contributed by atoms with van der Waals surface area (Å²) in [5, 5.41) is 0. The summed E-state index contributed by atoms with van der Waals surface area (Å²) in [5.41, 5.74) is 1.40. The predicted molar refractivity (Wildman–Crippen MR) is 74.8 cm³/mol. The molecule has 1 aromatic rings. The zero-order valence-electron chi connectivity index (χ0n) is 10.1. The van der Waals surface area contributed by atoms with Gasteiger partial charge in [-0.1, -0.05) is 19.1 Å². The van der Waals surface area contributed by atoms with Gasteiger partial charge in [0.1, 0.15) is 0 Å². The SMILES string of the molecule is CCSc1ccc(CCN(C)CCCl)cc1. The number of thioether (sulfide) groups is 1. The maximum Gasteiger partial charge on any atom is 0.0351 e. The van der Waals surface area contributed by atoms with Crippen molar-refractivity contribution < 1.29 is 0 Å². The highest BCUT2D eigenvalue weighted by Crippen LogP contribution is 2.17. The lowest BCUT2D eigenvalue weighted by atomic mass is 10.1. The number of rotatable bonds is 7. The molecule has 1 nitrogen and oxygen atoms in total. The molecule has 0 saturated carbocycles. The highest BCUT2D eigenvalue weighted by atomic mass is 35.5. The Bertz CT molecular complexity index is 286. The highest BCUT2D eigenvalue weighted by Gasteiger charge is 1.99. The van der Waals surface area contributed by atoms with Crippen LogP contribution >= 0.6 is 23.4 Å². The van der Waals surface area contributed by atoms with Gasteiger partial charge < -0.3 is 4.90 Å². The van der Waals surface area contributed by atoms with E-state index in [1.807, 2.05) is 11.8 Å². The first kappa shape index (κ1) is 13.9. The standard InChI is InChI=1S/C13H20ClNS/c1-3-16-13-6-4-12(5-7-13)8-10-15(2)11-9-14/h4-7H,3,8-11H2,1-2H3. The van der Waals surface area contributed by atoms with Crippen molar-refractivity contribution in [3.05, 3.63) is 29.8 Å². The van der Waals surface area contributed by atoms with Crippen LogP contribution in [0.15, 0.2) is 29.2 Å². The van der Waals surface area contributed by atoms with Crippen LogP contribution in [0.2, 0.25) is 0 Å². The van der Waals surface area contributed by atoms with E-state index in [-0.39, 0.29) is 0 Å². The molecule has 0 atom stereocenters. The number of benzene rings is 1. The maximum absolute atomic E-state index is 5.69. The molecule has 0 amide bonds. The molecule has 0 radical (unpaired) electrons. The molecular formula is C13H20ClNS. The van der Waals surface area contributed by atoms with Gasteiger partial charge in [0.05, 0.1) is 0 Å². The normalized spacial score (nSPS) is 11.0. The third-order valence-corrected chi connectivity index (χ3v) is 3.55. The maximum atomic E-state index is 5.69. The number of hydrogen-bond acceptors (Lipinski definition) is 2. The van der Waals surface area contributed by atoms with E-state index in [1.165, 1.54) is 10.5 Å². The lowest BCUT2D eigenvalue weighted by Crippen LogP contribution is -2.23. The fourth-order valence-corrected chi connectivity index (χ4v) is 2.45. The third kappa shape index (κ3) is 5.24. The Balaban J connectivity index is 2.37. The van der Waals surface area contributed by atoms with E-state index in [0.717, 1.165) is 25.3 Å². The number of hydrogen-bond donors (Lipinski definition) is 0. The van der Waals surface area contributed by atoms with Crippen LogP contribution in [0.5, 0.6) is 0 Å². The van der Waals surface area contributed by atoms with Gasteiger partial charge in [0.15, 0.2) is 0 Å². The van der Waals surface area contributed by atoms with Crippen LogP contribution < -0.4 is 0 Å². The van der Waals surface area contributed by atoms with Crippen molar-refractivity contribution in [1.29, 1.82) is 0 Å². The summed E-state index contributed by atoms with van der Waals surface area (Å²) < 4.78 is 0. The molecule has 3 heteroatoms. The first-order chi connectivity index (χ1) is 7.76. The Hall–Kier alpha value is -0.180. The molecule has 90 valence electrons. The molecule has 0 N–H and O–H groups in total. The van der Waals surface area contributed by atoms with E-state index in [2.05, 4.69) is 43.1 Å². The third-order valence-electron chi connectivity index (χ3n) is 2.48. The summed E-state index contributed by atoms with van der Waals surface area (Å²) in [7, 11) is 2.11. The summed E-state index contributed by atoms with van der Waals surface area (Å²) in [4.78, 5) is 3.63. The number of nitrogens with zero attached hydrogens (tertiary/aromatic N) is 1. The summed E-state index contributed by atoms with van der Waals surface area (Å²) in [5.74, 6) is 1.85. The Morgan fingerprint density at radius 3 is 2.44 bits per heavy atom. The summed E-state index contributed by atoms with van der Waals surface area (Å²) in [6.45, 7) is 4.22. The monoisotopic (exact) mass is 257 g/mol. The second kappa shape index (κ2) is 7.99. The molecule has 0 heterocycles. The van der Waals surface area contributed by atoms with Crippen molar-refractivity contribution in [2.45, 2.75) is 18.2 Å².